The Labute approximate surface area is 144 Å². The van der Waals surface area contributed by atoms with Gasteiger partial charge in [0.1, 0.15) is 5.82 Å². The lowest BCUT2D eigenvalue weighted by Gasteiger charge is -2.18. The summed E-state index contributed by atoms with van der Waals surface area (Å²) in [5.74, 6) is -0.395. The fraction of sp³-hybridized carbons (Fsp3) is 0.316. The van der Waals surface area contributed by atoms with Crippen LogP contribution in [0.25, 0.3) is 0 Å². The number of halogens is 1. The summed E-state index contributed by atoms with van der Waals surface area (Å²) < 4.78 is 14.3. The second kappa shape index (κ2) is 6.27. The molecule has 2 aromatic rings. The fourth-order valence-corrected chi connectivity index (χ4v) is 3.13. The van der Waals surface area contributed by atoms with Crippen LogP contribution in [0.1, 0.15) is 40.7 Å². The molecule has 0 spiro atoms. The smallest absolute Gasteiger partial charge is 0.256 e. The van der Waals surface area contributed by atoms with E-state index >= 15 is 0 Å². The number of hydrogen-bond acceptors (Lipinski definition) is 3. The summed E-state index contributed by atoms with van der Waals surface area (Å²) in [5.41, 5.74) is 2.86. The van der Waals surface area contributed by atoms with E-state index in [1.807, 2.05) is 0 Å². The number of pyridine rings is 1. The number of anilines is 2. The largest absolute Gasteiger partial charge is 0.326 e. The summed E-state index contributed by atoms with van der Waals surface area (Å²) in [6, 6.07) is 4.53. The molecule has 2 heterocycles. The van der Waals surface area contributed by atoms with Gasteiger partial charge < -0.3 is 10.6 Å². The Kier molecular flexibility index (Phi) is 3.95. The van der Waals surface area contributed by atoms with E-state index in [2.05, 4.69) is 15.6 Å². The van der Waals surface area contributed by atoms with Crippen LogP contribution in [0.2, 0.25) is 0 Å². The zero-order valence-electron chi connectivity index (χ0n) is 13.6. The maximum Gasteiger partial charge on any atom is 0.256 e. The van der Waals surface area contributed by atoms with Gasteiger partial charge in [-0.15, -0.1) is 0 Å². The minimum absolute atomic E-state index is 0.120. The summed E-state index contributed by atoms with van der Waals surface area (Å²) in [6.45, 7) is 0. The number of amides is 2. The Balaban J connectivity index is 1.58. The first-order chi connectivity index (χ1) is 12.1. The highest BCUT2D eigenvalue weighted by molar-refractivity contribution is 6.05. The lowest BCUT2D eigenvalue weighted by molar-refractivity contribution is -0.116. The summed E-state index contributed by atoms with van der Waals surface area (Å²) >= 11 is 0. The van der Waals surface area contributed by atoms with Crippen molar-refractivity contribution >= 4 is 23.2 Å². The molecule has 1 saturated carbocycles. The van der Waals surface area contributed by atoms with E-state index < -0.39 is 5.82 Å². The van der Waals surface area contributed by atoms with Gasteiger partial charge in [0.2, 0.25) is 5.91 Å². The van der Waals surface area contributed by atoms with Crippen molar-refractivity contribution in [1.82, 2.24) is 4.98 Å². The van der Waals surface area contributed by atoms with E-state index in [-0.39, 0.29) is 17.5 Å². The Hall–Kier alpha value is -2.76. The maximum absolute atomic E-state index is 14.3. The molecule has 0 radical (unpaired) electrons. The Morgan fingerprint density at radius 2 is 2.16 bits per heavy atom. The summed E-state index contributed by atoms with van der Waals surface area (Å²) in [4.78, 5) is 28.1. The van der Waals surface area contributed by atoms with Crippen molar-refractivity contribution in [2.24, 2.45) is 5.92 Å². The van der Waals surface area contributed by atoms with Gasteiger partial charge in [0.05, 0.1) is 5.69 Å². The van der Waals surface area contributed by atoms with Crippen molar-refractivity contribution < 1.29 is 14.0 Å². The molecule has 0 saturated heterocycles. The number of hydrogen-bond donors (Lipinski definition) is 2. The summed E-state index contributed by atoms with van der Waals surface area (Å²) in [5, 5.41) is 5.32. The monoisotopic (exact) mass is 339 g/mol. The van der Waals surface area contributed by atoms with E-state index in [0.29, 0.717) is 30.0 Å². The third kappa shape index (κ3) is 3.38. The minimum Gasteiger partial charge on any atom is -0.326 e. The van der Waals surface area contributed by atoms with Crippen LogP contribution in [0.5, 0.6) is 0 Å². The molecular formula is C19H18FN3O2. The molecule has 1 fully saturated rings. The van der Waals surface area contributed by atoms with Crippen molar-refractivity contribution in [2.75, 3.05) is 10.6 Å². The average Bonchev–Trinajstić information content (AvgIpc) is 3.40. The molecular weight excluding hydrogens is 321 g/mol. The van der Waals surface area contributed by atoms with Crippen LogP contribution >= 0.6 is 0 Å². The van der Waals surface area contributed by atoms with Gasteiger partial charge in [-0.2, -0.15) is 0 Å². The zero-order valence-corrected chi connectivity index (χ0v) is 13.6. The van der Waals surface area contributed by atoms with Gasteiger partial charge in [0.25, 0.3) is 5.91 Å². The zero-order chi connectivity index (χ0) is 17.4. The van der Waals surface area contributed by atoms with Gasteiger partial charge in [-0.1, -0.05) is 0 Å². The lowest BCUT2D eigenvalue weighted by atomic mass is 10.0. The van der Waals surface area contributed by atoms with Crippen LogP contribution in [0.3, 0.4) is 0 Å². The van der Waals surface area contributed by atoms with Gasteiger partial charge in [-0.05, 0) is 60.9 Å². The number of aromatic nitrogens is 1. The molecule has 0 unspecified atom stereocenters. The van der Waals surface area contributed by atoms with Gasteiger partial charge in [-0.25, -0.2) is 4.39 Å². The second-order valence-electron chi connectivity index (χ2n) is 6.67. The molecule has 1 aliphatic carbocycles. The van der Waals surface area contributed by atoms with Crippen molar-refractivity contribution in [3.8, 4) is 0 Å². The molecule has 2 aliphatic rings. The number of carbonyl (C=O) groups is 2. The quantitative estimate of drug-likeness (QED) is 0.898. The van der Waals surface area contributed by atoms with Crippen molar-refractivity contribution in [2.45, 2.75) is 32.1 Å². The van der Waals surface area contributed by atoms with Gasteiger partial charge in [0.15, 0.2) is 0 Å². The third-order valence-corrected chi connectivity index (χ3v) is 4.69. The van der Waals surface area contributed by atoms with Crippen LogP contribution in [-0.2, 0) is 17.6 Å². The Bertz CT molecular complexity index is 862. The predicted octanol–water partition coefficient (Wildman–Crippen LogP) is 3.31. The van der Waals surface area contributed by atoms with Crippen LogP contribution in [0.4, 0.5) is 15.8 Å². The SMILES string of the molecule is O=C1CCc2cc(NC(=O)c3ccncc3CC3CC3)c(F)cc2N1. The van der Waals surface area contributed by atoms with E-state index in [4.69, 9.17) is 0 Å². The molecule has 128 valence electrons. The van der Waals surface area contributed by atoms with Crippen LogP contribution in [0, 0.1) is 11.7 Å². The minimum atomic E-state index is -0.563. The molecule has 2 amide bonds. The normalized spacial score (nSPS) is 16.1. The number of aryl methyl sites for hydroxylation is 1. The van der Waals surface area contributed by atoms with E-state index in [0.717, 1.165) is 17.5 Å². The van der Waals surface area contributed by atoms with E-state index in [1.54, 1.807) is 24.5 Å². The third-order valence-electron chi connectivity index (χ3n) is 4.69. The fourth-order valence-electron chi connectivity index (χ4n) is 3.13. The van der Waals surface area contributed by atoms with Gasteiger partial charge in [0, 0.05) is 30.1 Å². The van der Waals surface area contributed by atoms with Crippen LogP contribution in [-0.4, -0.2) is 16.8 Å². The standard InChI is InChI=1S/C19H18FN3O2/c20-15-9-16-12(3-4-18(24)22-16)8-17(15)23-19(25)14-5-6-21-10-13(14)7-11-1-2-11/h5-6,8-11H,1-4,7H2,(H,22,24)(H,23,25). The second-order valence-corrected chi connectivity index (χ2v) is 6.67. The first-order valence-electron chi connectivity index (χ1n) is 8.46. The summed E-state index contributed by atoms with van der Waals surface area (Å²) in [7, 11) is 0. The molecule has 4 rings (SSSR count). The molecule has 0 atom stereocenters. The van der Waals surface area contributed by atoms with Crippen molar-refractivity contribution in [1.29, 1.82) is 0 Å². The van der Waals surface area contributed by atoms with E-state index in [1.165, 1.54) is 18.9 Å². The molecule has 5 nitrogen and oxygen atoms in total. The predicted molar refractivity (Wildman–Crippen MR) is 92.0 cm³/mol. The van der Waals surface area contributed by atoms with Crippen LogP contribution in [0.15, 0.2) is 30.6 Å². The number of fused-ring (bicyclic) bond motifs is 1. The first kappa shape index (κ1) is 15.7. The molecule has 25 heavy (non-hydrogen) atoms. The highest BCUT2D eigenvalue weighted by Crippen LogP contribution is 2.33. The van der Waals surface area contributed by atoms with Crippen LogP contribution < -0.4 is 10.6 Å². The molecule has 2 N–H and O–H groups in total. The number of nitrogens with zero attached hydrogens (tertiary/aromatic N) is 1. The average molecular weight is 339 g/mol. The van der Waals surface area contributed by atoms with Gasteiger partial charge in [-0.3, -0.25) is 14.6 Å². The molecule has 1 aliphatic heterocycles. The topological polar surface area (TPSA) is 71.1 Å². The Morgan fingerprint density at radius 3 is 2.96 bits per heavy atom. The number of nitrogens with one attached hydrogen (secondary N) is 2. The number of rotatable bonds is 4. The van der Waals surface area contributed by atoms with Crippen molar-refractivity contribution in [3.63, 3.8) is 0 Å². The molecule has 0 bridgehead atoms. The summed E-state index contributed by atoms with van der Waals surface area (Å²) in [6.07, 6.45) is 7.38. The highest BCUT2D eigenvalue weighted by atomic mass is 19.1. The number of benzene rings is 1. The molecule has 1 aromatic carbocycles. The Morgan fingerprint density at radius 1 is 1.32 bits per heavy atom. The number of carbonyl (C=O) groups excluding carboxylic acids is 2. The lowest BCUT2D eigenvalue weighted by Crippen LogP contribution is -2.20. The first-order valence-corrected chi connectivity index (χ1v) is 8.46. The highest BCUT2D eigenvalue weighted by Gasteiger charge is 2.25. The molecule has 6 heteroatoms. The van der Waals surface area contributed by atoms with Gasteiger partial charge >= 0.3 is 0 Å². The van der Waals surface area contributed by atoms with E-state index in [9.17, 15) is 14.0 Å². The van der Waals surface area contributed by atoms with Crippen molar-refractivity contribution in [3.05, 3.63) is 53.1 Å². The molecule has 1 aromatic heterocycles. The maximum atomic E-state index is 14.3.